The predicted molar refractivity (Wildman–Crippen MR) is 32.3 cm³/mol. The Morgan fingerprint density at radius 1 is 1.43 bits per heavy atom. The Hall–Kier alpha value is 0.290. The van der Waals surface area contributed by atoms with Crippen LogP contribution < -0.4 is 0 Å². The maximum atomic E-state index is 5.80. The van der Waals surface area contributed by atoms with Crippen molar-refractivity contribution >= 4 is 11.6 Å². The van der Waals surface area contributed by atoms with Gasteiger partial charge in [-0.1, -0.05) is 6.42 Å². The lowest BCUT2D eigenvalue weighted by Crippen LogP contribution is -2.00. The van der Waals surface area contributed by atoms with E-state index in [2.05, 4.69) is 6.92 Å². The molecule has 0 spiro atoms. The number of halogens is 1. The third-order valence-electron chi connectivity index (χ3n) is 1.57. The smallest absolute Gasteiger partial charge is 0.0364 e. The lowest BCUT2D eigenvalue weighted by molar-refractivity contribution is 0.688. The lowest BCUT2D eigenvalue weighted by Gasteiger charge is -2.02. The van der Waals surface area contributed by atoms with Crippen LogP contribution in [-0.4, -0.2) is 5.38 Å². The summed E-state index contributed by atoms with van der Waals surface area (Å²) in [5.74, 6) is 0.529. The summed E-state index contributed by atoms with van der Waals surface area (Å²) in [7, 11) is 0. The molecular formula is C6H10Cl. The summed E-state index contributed by atoms with van der Waals surface area (Å²) in [5.41, 5.74) is 0. The van der Waals surface area contributed by atoms with Gasteiger partial charge in [-0.05, 0) is 25.7 Å². The van der Waals surface area contributed by atoms with Gasteiger partial charge >= 0.3 is 0 Å². The van der Waals surface area contributed by atoms with Crippen molar-refractivity contribution in [2.24, 2.45) is 5.92 Å². The quantitative estimate of drug-likeness (QED) is 0.427. The molecule has 0 aromatic rings. The molecule has 0 bridgehead atoms. The molecule has 2 unspecified atom stereocenters. The van der Waals surface area contributed by atoms with Crippen molar-refractivity contribution in [3.63, 3.8) is 0 Å². The van der Waals surface area contributed by atoms with E-state index in [0.717, 1.165) is 0 Å². The van der Waals surface area contributed by atoms with Gasteiger partial charge in [0.15, 0.2) is 0 Å². The van der Waals surface area contributed by atoms with E-state index < -0.39 is 0 Å². The molecular weight excluding hydrogens is 108 g/mol. The van der Waals surface area contributed by atoms with E-state index in [-0.39, 0.29) is 0 Å². The number of rotatable bonds is 0. The average molecular weight is 118 g/mol. The van der Waals surface area contributed by atoms with Gasteiger partial charge in [0.25, 0.3) is 0 Å². The van der Waals surface area contributed by atoms with E-state index in [4.69, 9.17) is 11.6 Å². The normalized spacial score (nSPS) is 42.0. The molecule has 1 rings (SSSR count). The number of alkyl halides is 1. The van der Waals surface area contributed by atoms with Crippen LogP contribution in [0.2, 0.25) is 0 Å². The molecule has 0 aromatic heterocycles. The molecule has 0 aliphatic heterocycles. The summed E-state index contributed by atoms with van der Waals surface area (Å²) in [6.45, 7) is 3.89. The van der Waals surface area contributed by atoms with Crippen LogP contribution in [0.25, 0.3) is 0 Å². The predicted octanol–water partition coefficient (Wildman–Crippen LogP) is 2.23. The summed E-state index contributed by atoms with van der Waals surface area (Å²) in [4.78, 5) is 0. The second-order valence-electron chi connectivity index (χ2n) is 2.21. The third kappa shape index (κ3) is 1.09. The molecule has 0 nitrogen and oxygen atoms in total. The summed E-state index contributed by atoms with van der Waals surface area (Å²) in [6, 6.07) is 0. The first-order valence-electron chi connectivity index (χ1n) is 2.78. The van der Waals surface area contributed by atoms with E-state index >= 15 is 0 Å². The van der Waals surface area contributed by atoms with E-state index in [0.29, 0.717) is 11.3 Å². The number of hydrogen-bond acceptors (Lipinski definition) is 0. The minimum Gasteiger partial charge on any atom is -0.123 e. The minimum absolute atomic E-state index is 0.375. The van der Waals surface area contributed by atoms with Crippen molar-refractivity contribution in [3.05, 3.63) is 6.92 Å². The van der Waals surface area contributed by atoms with Crippen LogP contribution in [0.5, 0.6) is 0 Å². The average Bonchev–Trinajstić information content (AvgIpc) is 1.91. The van der Waals surface area contributed by atoms with Gasteiger partial charge in [-0.25, -0.2) is 0 Å². The molecule has 1 heteroatoms. The fraction of sp³-hybridized carbons (Fsp3) is 0.833. The monoisotopic (exact) mass is 117 g/mol. The van der Waals surface area contributed by atoms with Crippen LogP contribution in [-0.2, 0) is 0 Å². The standard InChI is InChI=1S/C6H10Cl/c1-5-3-2-4-6(5)7/h5-6H,1-4H2. The fourth-order valence-electron chi connectivity index (χ4n) is 0.992. The topological polar surface area (TPSA) is 0 Å². The van der Waals surface area contributed by atoms with Crippen molar-refractivity contribution in [1.82, 2.24) is 0 Å². The Balaban J connectivity index is 2.33. The second-order valence-corrected chi connectivity index (χ2v) is 2.77. The van der Waals surface area contributed by atoms with Gasteiger partial charge in [0.05, 0.1) is 0 Å². The highest BCUT2D eigenvalue weighted by Crippen LogP contribution is 2.28. The van der Waals surface area contributed by atoms with E-state index in [9.17, 15) is 0 Å². The zero-order chi connectivity index (χ0) is 5.28. The number of hydrogen-bond donors (Lipinski definition) is 0. The van der Waals surface area contributed by atoms with Crippen LogP contribution >= 0.6 is 11.6 Å². The first kappa shape index (κ1) is 5.43. The maximum absolute atomic E-state index is 5.80. The Morgan fingerprint density at radius 3 is 2.29 bits per heavy atom. The van der Waals surface area contributed by atoms with Crippen LogP contribution in [0.15, 0.2) is 0 Å². The van der Waals surface area contributed by atoms with Gasteiger partial charge in [-0.2, -0.15) is 0 Å². The summed E-state index contributed by atoms with van der Waals surface area (Å²) >= 11 is 5.80. The van der Waals surface area contributed by atoms with Crippen molar-refractivity contribution in [3.8, 4) is 0 Å². The molecule has 41 valence electrons. The van der Waals surface area contributed by atoms with E-state index in [1.165, 1.54) is 19.3 Å². The molecule has 1 radical (unpaired) electrons. The first-order chi connectivity index (χ1) is 3.30. The molecule has 1 saturated carbocycles. The maximum Gasteiger partial charge on any atom is 0.0364 e. The zero-order valence-corrected chi connectivity index (χ0v) is 5.12. The second kappa shape index (κ2) is 2.04. The molecule has 2 atom stereocenters. The van der Waals surface area contributed by atoms with Crippen LogP contribution in [0.3, 0.4) is 0 Å². The van der Waals surface area contributed by atoms with Crippen molar-refractivity contribution in [2.45, 2.75) is 24.6 Å². The molecule has 0 N–H and O–H groups in total. The minimum atomic E-state index is 0.375. The van der Waals surface area contributed by atoms with Gasteiger partial charge < -0.3 is 0 Å². The van der Waals surface area contributed by atoms with Crippen molar-refractivity contribution in [1.29, 1.82) is 0 Å². The van der Waals surface area contributed by atoms with Gasteiger partial charge in [0.1, 0.15) is 0 Å². The Bertz CT molecular complexity index is 53.2. The molecule has 0 amide bonds. The van der Waals surface area contributed by atoms with Gasteiger partial charge in [-0.15, -0.1) is 11.6 Å². The molecule has 1 aliphatic rings. The SMILES string of the molecule is [CH2]C1CCCC1Cl. The van der Waals surface area contributed by atoms with E-state index in [1.54, 1.807) is 0 Å². The molecule has 1 aliphatic carbocycles. The zero-order valence-electron chi connectivity index (χ0n) is 4.36. The molecule has 0 aromatic carbocycles. The van der Waals surface area contributed by atoms with Gasteiger partial charge in [-0.3, -0.25) is 0 Å². The van der Waals surface area contributed by atoms with Crippen molar-refractivity contribution in [2.75, 3.05) is 0 Å². The molecule has 0 heterocycles. The molecule has 0 saturated heterocycles. The van der Waals surface area contributed by atoms with Crippen LogP contribution in [0.1, 0.15) is 19.3 Å². The van der Waals surface area contributed by atoms with Crippen molar-refractivity contribution < 1.29 is 0 Å². The van der Waals surface area contributed by atoms with Gasteiger partial charge in [0, 0.05) is 5.38 Å². The highest BCUT2D eigenvalue weighted by atomic mass is 35.5. The summed E-state index contributed by atoms with van der Waals surface area (Å²) in [6.07, 6.45) is 3.69. The summed E-state index contributed by atoms with van der Waals surface area (Å²) in [5, 5.41) is 0.375. The summed E-state index contributed by atoms with van der Waals surface area (Å²) < 4.78 is 0. The Kier molecular flexibility index (Phi) is 1.58. The Morgan fingerprint density at radius 2 is 2.14 bits per heavy atom. The van der Waals surface area contributed by atoms with Crippen LogP contribution in [0, 0.1) is 12.8 Å². The molecule has 7 heavy (non-hydrogen) atoms. The third-order valence-corrected chi connectivity index (χ3v) is 2.14. The fourth-order valence-corrected chi connectivity index (χ4v) is 1.27. The van der Waals surface area contributed by atoms with Crippen LogP contribution in [0.4, 0.5) is 0 Å². The highest BCUT2D eigenvalue weighted by molar-refractivity contribution is 6.21. The first-order valence-corrected chi connectivity index (χ1v) is 3.21. The molecule has 1 fully saturated rings. The van der Waals surface area contributed by atoms with Gasteiger partial charge in [0.2, 0.25) is 0 Å². The largest absolute Gasteiger partial charge is 0.123 e. The van der Waals surface area contributed by atoms with E-state index in [1.807, 2.05) is 0 Å². The highest BCUT2D eigenvalue weighted by Gasteiger charge is 2.19. The Labute approximate surface area is 49.9 Å². The lowest BCUT2D eigenvalue weighted by atomic mass is 10.1.